The predicted octanol–water partition coefficient (Wildman–Crippen LogP) is 1.35. The molecule has 1 unspecified atom stereocenters. The summed E-state index contributed by atoms with van der Waals surface area (Å²) in [6.45, 7) is 0.568. The first-order chi connectivity index (χ1) is 9.08. The smallest absolute Gasteiger partial charge is 0.321 e. The zero-order valence-electron chi connectivity index (χ0n) is 10.8. The number of carboxylic acid groups (broad SMARTS) is 1. The van der Waals surface area contributed by atoms with Crippen molar-refractivity contribution in [1.29, 1.82) is 0 Å². The van der Waals surface area contributed by atoms with Crippen LogP contribution in [0.25, 0.3) is 0 Å². The number of amides is 3. The minimum absolute atomic E-state index is 0.0535. The Morgan fingerprint density at radius 3 is 2.63 bits per heavy atom. The van der Waals surface area contributed by atoms with Crippen molar-refractivity contribution in [3.05, 3.63) is 0 Å². The van der Waals surface area contributed by atoms with Gasteiger partial charge in [-0.15, -0.1) is 0 Å². The molecule has 1 aliphatic heterocycles. The molecule has 7 heteroatoms. The molecule has 0 aliphatic carbocycles. The van der Waals surface area contributed by atoms with E-state index in [0.717, 1.165) is 12.2 Å². The average Bonchev–Trinajstić information content (AvgIpc) is 2.37. The van der Waals surface area contributed by atoms with Crippen molar-refractivity contribution in [2.24, 2.45) is 0 Å². The summed E-state index contributed by atoms with van der Waals surface area (Å²) in [5.74, 6) is -0.246. The monoisotopic (exact) mass is 288 g/mol. The summed E-state index contributed by atoms with van der Waals surface area (Å²) in [6, 6.07) is -0.494. The Morgan fingerprint density at radius 1 is 1.21 bits per heavy atom. The number of carbonyl (C=O) groups is 3. The third kappa shape index (κ3) is 7.71. The maximum atomic E-state index is 11.4. The molecule has 1 rings (SSSR count). The Labute approximate surface area is 116 Å². The average molecular weight is 288 g/mol. The summed E-state index contributed by atoms with van der Waals surface area (Å²) in [5, 5.41) is 13.7. The van der Waals surface area contributed by atoms with Crippen LogP contribution >= 0.6 is 11.8 Å². The molecule has 1 aliphatic rings. The molecule has 0 aromatic carbocycles. The van der Waals surface area contributed by atoms with E-state index < -0.39 is 17.9 Å². The number of hydrogen-bond donors (Lipinski definition) is 3. The minimum atomic E-state index is -0.938. The highest BCUT2D eigenvalue weighted by Crippen LogP contribution is 2.24. The molecular formula is C12H20N2O4S. The molecule has 1 atom stereocenters. The van der Waals surface area contributed by atoms with E-state index >= 15 is 0 Å². The first-order valence-corrected chi connectivity index (χ1v) is 7.54. The van der Waals surface area contributed by atoms with Crippen molar-refractivity contribution in [3.63, 3.8) is 0 Å². The normalized spacial score (nSPS) is 18.6. The van der Waals surface area contributed by atoms with Crippen molar-refractivity contribution < 1.29 is 19.5 Å². The molecule has 0 aromatic heterocycles. The van der Waals surface area contributed by atoms with Gasteiger partial charge in [0.05, 0.1) is 0 Å². The summed E-state index contributed by atoms with van der Waals surface area (Å²) in [5.41, 5.74) is 0. The molecule has 108 valence electrons. The van der Waals surface area contributed by atoms with Gasteiger partial charge in [0.25, 0.3) is 0 Å². The second kappa shape index (κ2) is 8.79. The van der Waals surface area contributed by atoms with E-state index in [0.29, 0.717) is 11.8 Å². The number of urea groups is 1. The molecule has 3 amide bonds. The van der Waals surface area contributed by atoms with Crippen molar-refractivity contribution in [1.82, 2.24) is 10.6 Å². The van der Waals surface area contributed by atoms with Crippen LogP contribution in [0.15, 0.2) is 0 Å². The molecule has 6 nitrogen and oxygen atoms in total. The van der Waals surface area contributed by atoms with Gasteiger partial charge in [-0.1, -0.05) is 6.42 Å². The molecule has 0 bridgehead atoms. The van der Waals surface area contributed by atoms with Crippen molar-refractivity contribution >= 4 is 29.7 Å². The molecule has 1 saturated heterocycles. The number of nitrogens with one attached hydrogen (secondary N) is 2. The number of hydrogen-bond acceptors (Lipinski definition) is 4. The lowest BCUT2D eigenvalue weighted by Crippen LogP contribution is -2.42. The molecule has 3 N–H and O–H groups in total. The lowest BCUT2D eigenvalue weighted by molar-refractivity contribution is -0.137. The quantitative estimate of drug-likeness (QED) is 0.685. The summed E-state index contributed by atoms with van der Waals surface area (Å²) in [7, 11) is 0. The Morgan fingerprint density at radius 2 is 2.00 bits per heavy atom. The lowest BCUT2D eigenvalue weighted by Gasteiger charge is -2.21. The fraction of sp³-hybridized carbons (Fsp3) is 0.750. The summed E-state index contributed by atoms with van der Waals surface area (Å²) in [4.78, 5) is 33.0. The number of imide groups is 1. The highest BCUT2D eigenvalue weighted by atomic mass is 32.2. The van der Waals surface area contributed by atoms with Crippen LogP contribution in [-0.4, -0.2) is 40.6 Å². The zero-order valence-corrected chi connectivity index (χ0v) is 11.6. The van der Waals surface area contributed by atoms with Crippen molar-refractivity contribution in [2.45, 2.75) is 43.8 Å². The van der Waals surface area contributed by atoms with Gasteiger partial charge in [-0.05, 0) is 25.0 Å². The van der Waals surface area contributed by atoms with E-state index in [9.17, 15) is 14.4 Å². The molecule has 0 saturated carbocycles. The highest BCUT2D eigenvalue weighted by Gasteiger charge is 2.15. The molecule has 1 fully saturated rings. The van der Waals surface area contributed by atoms with Crippen LogP contribution in [0.2, 0.25) is 0 Å². The molecule has 19 heavy (non-hydrogen) atoms. The van der Waals surface area contributed by atoms with Crippen LogP contribution < -0.4 is 10.6 Å². The first kappa shape index (κ1) is 15.8. The second-order valence-corrected chi connectivity index (χ2v) is 5.90. The van der Waals surface area contributed by atoms with Gasteiger partial charge in [0.2, 0.25) is 5.91 Å². The number of rotatable bonds is 6. The number of thioether (sulfide) groups is 1. The Hall–Kier alpha value is -1.24. The van der Waals surface area contributed by atoms with E-state index in [4.69, 9.17) is 5.11 Å². The van der Waals surface area contributed by atoms with E-state index in [2.05, 4.69) is 10.6 Å². The Bertz CT molecular complexity index is 330. The number of carbonyl (C=O) groups excluding carboxylic acids is 2. The summed E-state index contributed by atoms with van der Waals surface area (Å²) < 4.78 is 0. The minimum Gasteiger partial charge on any atom is -0.481 e. The largest absolute Gasteiger partial charge is 0.481 e. The SMILES string of the molecule is O=C(O)CCCC(=O)NC(=O)NCC1CCCCS1. The maximum absolute atomic E-state index is 11.4. The second-order valence-electron chi connectivity index (χ2n) is 4.49. The fourth-order valence-electron chi connectivity index (χ4n) is 1.81. The summed E-state index contributed by atoms with van der Waals surface area (Å²) >= 11 is 1.85. The Balaban J connectivity index is 2.08. The van der Waals surface area contributed by atoms with Crippen LogP contribution in [-0.2, 0) is 9.59 Å². The van der Waals surface area contributed by atoms with Crippen molar-refractivity contribution in [3.8, 4) is 0 Å². The number of carboxylic acids is 1. The highest BCUT2D eigenvalue weighted by molar-refractivity contribution is 7.99. The van der Waals surface area contributed by atoms with Crippen LogP contribution in [0, 0.1) is 0 Å². The van der Waals surface area contributed by atoms with E-state index in [1.807, 2.05) is 11.8 Å². The Kier molecular flexibility index (Phi) is 7.32. The molecule has 0 radical (unpaired) electrons. The van der Waals surface area contributed by atoms with Crippen LogP contribution in [0.5, 0.6) is 0 Å². The first-order valence-electron chi connectivity index (χ1n) is 6.49. The zero-order chi connectivity index (χ0) is 14.1. The predicted molar refractivity (Wildman–Crippen MR) is 73.1 cm³/mol. The van der Waals surface area contributed by atoms with Gasteiger partial charge in [-0.25, -0.2) is 4.79 Å². The maximum Gasteiger partial charge on any atom is 0.321 e. The molecule has 0 spiro atoms. The lowest BCUT2D eigenvalue weighted by atomic mass is 10.2. The summed E-state index contributed by atoms with van der Waals surface area (Å²) in [6.07, 6.45) is 3.75. The van der Waals surface area contributed by atoms with E-state index in [-0.39, 0.29) is 19.3 Å². The van der Waals surface area contributed by atoms with Crippen LogP contribution in [0.4, 0.5) is 4.79 Å². The fourth-order valence-corrected chi connectivity index (χ4v) is 3.05. The van der Waals surface area contributed by atoms with Crippen LogP contribution in [0.3, 0.4) is 0 Å². The molecule has 1 heterocycles. The van der Waals surface area contributed by atoms with Gasteiger partial charge in [0.1, 0.15) is 0 Å². The molecule has 0 aromatic rings. The van der Waals surface area contributed by atoms with Gasteiger partial charge in [0, 0.05) is 24.6 Å². The van der Waals surface area contributed by atoms with E-state index in [1.165, 1.54) is 12.8 Å². The molecular weight excluding hydrogens is 268 g/mol. The van der Waals surface area contributed by atoms with Gasteiger partial charge in [-0.2, -0.15) is 11.8 Å². The van der Waals surface area contributed by atoms with Gasteiger partial charge in [-0.3, -0.25) is 14.9 Å². The van der Waals surface area contributed by atoms with E-state index in [1.54, 1.807) is 0 Å². The third-order valence-electron chi connectivity index (χ3n) is 2.81. The topological polar surface area (TPSA) is 95.5 Å². The van der Waals surface area contributed by atoms with Crippen LogP contribution in [0.1, 0.15) is 38.5 Å². The third-order valence-corrected chi connectivity index (χ3v) is 4.21. The van der Waals surface area contributed by atoms with Crippen molar-refractivity contribution in [2.75, 3.05) is 12.3 Å². The standard InChI is InChI=1S/C12H20N2O4S/c15-10(5-3-6-11(16)17)14-12(18)13-8-9-4-1-2-7-19-9/h9H,1-8H2,(H,16,17)(H2,13,14,15,18). The number of aliphatic carboxylic acids is 1. The van der Waals surface area contributed by atoms with Gasteiger partial charge >= 0.3 is 12.0 Å². The van der Waals surface area contributed by atoms with Gasteiger partial charge < -0.3 is 10.4 Å². The van der Waals surface area contributed by atoms with Gasteiger partial charge in [0.15, 0.2) is 0 Å².